The number of unbranched alkanes of at least 4 members (excludes halogenated alkanes) is 1. The molecule has 6 nitrogen and oxygen atoms in total. The Labute approximate surface area is 146 Å². The lowest BCUT2D eigenvalue weighted by Crippen LogP contribution is -2.54. The number of barbiturate groups is 1. The highest BCUT2D eigenvalue weighted by Crippen LogP contribution is 2.25. The molecule has 0 radical (unpaired) electrons. The molecule has 1 fully saturated rings. The van der Waals surface area contributed by atoms with Crippen molar-refractivity contribution in [1.29, 1.82) is 0 Å². The van der Waals surface area contributed by atoms with Crippen LogP contribution in [0.25, 0.3) is 17.0 Å². The fourth-order valence-corrected chi connectivity index (χ4v) is 3.02. The number of hydrogen-bond acceptors (Lipinski definition) is 3. The number of imide groups is 2. The summed E-state index contributed by atoms with van der Waals surface area (Å²) in [6.45, 7) is 5.11. The molecule has 25 heavy (non-hydrogen) atoms. The van der Waals surface area contributed by atoms with E-state index in [0.717, 1.165) is 34.3 Å². The monoisotopic (exact) mass is 339 g/mol. The molecule has 2 aromatic rings. The third-order valence-corrected chi connectivity index (χ3v) is 4.38. The Morgan fingerprint density at radius 2 is 1.88 bits per heavy atom. The van der Waals surface area contributed by atoms with Gasteiger partial charge in [0.05, 0.1) is 0 Å². The van der Waals surface area contributed by atoms with Gasteiger partial charge >= 0.3 is 6.03 Å². The number of nitrogens with zero attached hydrogens (tertiary/aromatic N) is 2. The van der Waals surface area contributed by atoms with E-state index < -0.39 is 17.8 Å². The van der Waals surface area contributed by atoms with Gasteiger partial charge in [-0.05, 0) is 25.5 Å². The topological polar surface area (TPSA) is 71.4 Å². The van der Waals surface area contributed by atoms with Crippen LogP contribution in [0.5, 0.6) is 0 Å². The summed E-state index contributed by atoms with van der Waals surface area (Å²) in [5, 5.41) is 3.23. The van der Waals surface area contributed by atoms with Crippen LogP contribution in [0.2, 0.25) is 0 Å². The highest BCUT2D eigenvalue weighted by Gasteiger charge is 2.35. The number of carbonyl (C=O) groups is 3. The van der Waals surface area contributed by atoms with Gasteiger partial charge in [-0.15, -0.1) is 0 Å². The van der Waals surface area contributed by atoms with E-state index in [1.165, 1.54) is 0 Å². The number of aromatic nitrogens is 1. The SMILES string of the molecule is CCCCN1C(=O)NC(=O)/C(=C\c2cn(CC)c3ccccc23)C1=O. The summed E-state index contributed by atoms with van der Waals surface area (Å²) in [6, 6.07) is 7.19. The van der Waals surface area contributed by atoms with Crippen molar-refractivity contribution in [1.82, 2.24) is 14.8 Å². The number of carbonyl (C=O) groups excluding carboxylic acids is 3. The van der Waals surface area contributed by atoms with Crippen molar-refractivity contribution >= 4 is 34.8 Å². The zero-order chi connectivity index (χ0) is 18.0. The number of fused-ring (bicyclic) bond motifs is 1. The second-order valence-corrected chi connectivity index (χ2v) is 6.02. The van der Waals surface area contributed by atoms with Gasteiger partial charge < -0.3 is 4.57 Å². The fourth-order valence-electron chi connectivity index (χ4n) is 3.02. The molecule has 0 bridgehead atoms. The molecule has 0 spiro atoms. The van der Waals surface area contributed by atoms with Crippen molar-refractivity contribution in [2.24, 2.45) is 0 Å². The molecular formula is C19H21N3O3. The first kappa shape index (κ1) is 17.0. The molecule has 1 aliphatic rings. The Kier molecular flexibility index (Phi) is 4.70. The predicted octanol–water partition coefficient (Wildman–Crippen LogP) is 2.92. The number of aryl methyl sites for hydroxylation is 1. The van der Waals surface area contributed by atoms with Crippen LogP contribution < -0.4 is 5.32 Å². The zero-order valence-corrected chi connectivity index (χ0v) is 14.4. The first-order valence-electron chi connectivity index (χ1n) is 8.53. The maximum Gasteiger partial charge on any atom is 0.331 e. The van der Waals surface area contributed by atoms with Gasteiger partial charge in [0.25, 0.3) is 11.8 Å². The highest BCUT2D eigenvalue weighted by atomic mass is 16.2. The molecule has 130 valence electrons. The molecule has 0 aliphatic carbocycles. The number of nitrogens with one attached hydrogen (secondary N) is 1. The Morgan fingerprint density at radius 1 is 1.12 bits per heavy atom. The van der Waals surface area contributed by atoms with Crippen LogP contribution in [0.4, 0.5) is 4.79 Å². The lowest BCUT2D eigenvalue weighted by molar-refractivity contribution is -0.130. The van der Waals surface area contributed by atoms with Crippen molar-refractivity contribution in [2.75, 3.05) is 6.54 Å². The molecule has 3 rings (SSSR count). The van der Waals surface area contributed by atoms with E-state index in [1.54, 1.807) is 6.08 Å². The van der Waals surface area contributed by atoms with Gasteiger partial charge in [0.2, 0.25) is 0 Å². The Hall–Kier alpha value is -2.89. The number of hydrogen-bond donors (Lipinski definition) is 1. The molecule has 1 aromatic heterocycles. The Bertz CT molecular complexity index is 879. The molecule has 1 aromatic carbocycles. The van der Waals surface area contributed by atoms with Crippen LogP contribution in [0.1, 0.15) is 32.3 Å². The van der Waals surface area contributed by atoms with Crippen LogP contribution in [-0.2, 0) is 16.1 Å². The number of rotatable bonds is 5. The van der Waals surface area contributed by atoms with E-state index in [-0.39, 0.29) is 5.57 Å². The van der Waals surface area contributed by atoms with E-state index in [4.69, 9.17) is 0 Å². The third-order valence-electron chi connectivity index (χ3n) is 4.38. The van der Waals surface area contributed by atoms with Crippen molar-refractivity contribution in [2.45, 2.75) is 33.2 Å². The molecule has 4 amide bonds. The van der Waals surface area contributed by atoms with Crippen molar-refractivity contribution in [3.8, 4) is 0 Å². The second-order valence-electron chi connectivity index (χ2n) is 6.02. The van der Waals surface area contributed by atoms with Crippen LogP contribution in [0.15, 0.2) is 36.0 Å². The smallest absolute Gasteiger partial charge is 0.331 e. The first-order valence-corrected chi connectivity index (χ1v) is 8.53. The van der Waals surface area contributed by atoms with Crippen molar-refractivity contribution < 1.29 is 14.4 Å². The summed E-state index contributed by atoms with van der Waals surface area (Å²) in [4.78, 5) is 37.9. The maximum absolute atomic E-state index is 12.6. The Morgan fingerprint density at radius 3 is 2.60 bits per heavy atom. The van der Waals surface area contributed by atoms with E-state index in [0.29, 0.717) is 13.0 Å². The molecule has 2 heterocycles. The molecule has 0 unspecified atom stereocenters. The number of amides is 4. The van der Waals surface area contributed by atoms with Crippen LogP contribution >= 0.6 is 0 Å². The van der Waals surface area contributed by atoms with Gasteiger partial charge in [-0.2, -0.15) is 0 Å². The van der Waals surface area contributed by atoms with Crippen LogP contribution in [0.3, 0.4) is 0 Å². The summed E-state index contributed by atoms with van der Waals surface area (Å²) < 4.78 is 2.06. The molecule has 6 heteroatoms. The third kappa shape index (κ3) is 3.07. The van der Waals surface area contributed by atoms with Gasteiger partial charge in [-0.25, -0.2) is 4.79 Å². The number of para-hydroxylation sites is 1. The fraction of sp³-hybridized carbons (Fsp3) is 0.316. The van der Waals surface area contributed by atoms with E-state index >= 15 is 0 Å². The van der Waals surface area contributed by atoms with Gasteiger partial charge in [0.15, 0.2) is 0 Å². The summed E-state index contributed by atoms with van der Waals surface area (Å²) >= 11 is 0. The summed E-state index contributed by atoms with van der Waals surface area (Å²) in [6.07, 6.45) is 5.06. The second kappa shape index (κ2) is 6.93. The number of benzene rings is 1. The highest BCUT2D eigenvalue weighted by molar-refractivity contribution is 6.31. The van der Waals surface area contributed by atoms with E-state index in [1.807, 2.05) is 44.3 Å². The van der Waals surface area contributed by atoms with Crippen molar-refractivity contribution in [3.05, 3.63) is 41.6 Å². The largest absolute Gasteiger partial charge is 0.347 e. The lowest BCUT2D eigenvalue weighted by atomic mass is 10.1. The minimum absolute atomic E-state index is 0.00490. The summed E-state index contributed by atoms with van der Waals surface area (Å²) in [7, 11) is 0. The molecule has 1 aliphatic heterocycles. The van der Waals surface area contributed by atoms with E-state index in [2.05, 4.69) is 9.88 Å². The molecule has 0 atom stereocenters. The van der Waals surface area contributed by atoms with Gasteiger partial charge in [-0.1, -0.05) is 31.5 Å². The minimum atomic E-state index is -0.643. The average molecular weight is 339 g/mol. The number of urea groups is 1. The first-order chi connectivity index (χ1) is 12.1. The summed E-state index contributed by atoms with van der Waals surface area (Å²) in [5.41, 5.74) is 1.83. The van der Waals surface area contributed by atoms with Gasteiger partial charge in [-0.3, -0.25) is 19.8 Å². The Balaban J connectivity index is 2.03. The van der Waals surface area contributed by atoms with Gasteiger partial charge in [0, 0.05) is 35.8 Å². The lowest BCUT2D eigenvalue weighted by Gasteiger charge is -2.26. The molecular weight excluding hydrogens is 318 g/mol. The van der Waals surface area contributed by atoms with Crippen LogP contribution in [0, 0.1) is 0 Å². The standard InChI is InChI=1S/C19H21N3O3/c1-3-5-10-22-18(24)15(17(23)20-19(22)25)11-13-12-21(4-2)16-9-7-6-8-14(13)16/h6-9,11-12H,3-5,10H2,1-2H3,(H,20,23,25)/b15-11+. The molecule has 1 saturated heterocycles. The molecule has 1 N–H and O–H groups in total. The predicted molar refractivity (Wildman–Crippen MR) is 95.7 cm³/mol. The maximum atomic E-state index is 12.6. The average Bonchev–Trinajstić information content (AvgIpc) is 2.96. The van der Waals surface area contributed by atoms with Gasteiger partial charge in [0.1, 0.15) is 5.57 Å². The summed E-state index contributed by atoms with van der Waals surface area (Å²) in [5.74, 6) is -1.17. The minimum Gasteiger partial charge on any atom is -0.347 e. The van der Waals surface area contributed by atoms with Crippen LogP contribution in [-0.4, -0.2) is 33.9 Å². The molecule has 0 saturated carbocycles. The zero-order valence-electron chi connectivity index (χ0n) is 14.4. The quantitative estimate of drug-likeness (QED) is 0.672. The van der Waals surface area contributed by atoms with E-state index in [9.17, 15) is 14.4 Å². The van der Waals surface area contributed by atoms with Crippen molar-refractivity contribution in [3.63, 3.8) is 0 Å². The normalized spacial score (nSPS) is 16.8.